The second-order valence-corrected chi connectivity index (χ2v) is 4.88. The number of carbonyl (C=O) groups is 1. The van der Waals surface area contributed by atoms with Gasteiger partial charge in [0.2, 0.25) is 0 Å². The largest absolute Gasteiger partial charge is 0.484 e. The molecule has 0 unspecified atom stereocenters. The van der Waals surface area contributed by atoms with Crippen molar-refractivity contribution in [3.05, 3.63) is 64.7 Å². The lowest BCUT2D eigenvalue weighted by Gasteiger charge is -2.08. The van der Waals surface area contributed by atoms with Gasteiger partial charge in [-0.25, -0.2) is 0 Å². The molecule has 0 aliphatic rings. The molecule has 2 aromatic carbocycles. The minimum atomic E-state index is -0.175. The fourth-order valence-corrected chi connectivity index (χ4v) is 1.87. The fourth-order valence-electron chi connectivity index (χ4n) is 1.67. The highest BCUT2D eigenvalue weighted by atomic mass is 35.5. The Morgan fingerprint density at radius 2 is 1.85 bits per heavy atom. The van der Waals surface area contributed by atoms with E-state index in [1.807, 2.05) is 49.4 Å². The zero-order chi connectivity index (χ0) is 14.4. The van der Waals surface area contributed by atoms with Crippen molar-refractivity contribution in [1.82, 2.24) is 5.32 Å². The molecule has 20 heavy (non-hydrogen) atoms. The predicted octanol–water partition coefficient (Wildman–Crippen LogP) is 3.34. The highest BCUT2D eigenvalue weighted by Gasteiger charge is 2.04. The minimum Gasteiger partial charge on any atom is -0.484 e. The summed E-state index contributed by atoms with van der Waals surface area (Å²) in [4.78, 5) is 11.7. The van der Waals surface area contributed by atoms with E-state index in [2.05, 4.69) is 5.32 Å². The van der Waals surface area contributed by atoms with Gasteiger partial charge in [0.15, 0.2) is 6.61 Å². The van der Waals surface area contributed by atoms with E-state index in [-0.39, 0.29) is 12.5 Å². The lowest BCUT2D eigenvalue weighted by molar-refractivity contribution is -0.123. The molecule has 0 saturated carbocycles. The Balaban J connectivity index is 1.78. The van der Waals surface area contributed by atoms with Crippen LogP contribution in [-0.2, 0) is 11.3 Å². The molecule has 4 heteroatoms. The van der Waals surface area contributed by atoms with Gasteiger partial charge in [-0.1, -0.05) is 47.5 Å². The molecule has 0 aromatic heterocycles. The minimum absolute atomic E-state index is 0.00643. The van der Waals surface area contributed by atoms with E-state index >= 15 is 0 Å². The second-order valence-electron chi connectivity index (χ2n) is 4.47. The van der Waals surface area contributed by atoms with Crippen LogP contribution in [0.4, 0.5) is 0 Å². The summed E-state index contributed by atoms with van der Waals surface area (Å²) in [5, 5.41) is 3.42. The van der Waals surface area contributed by atoms with Crippen LogP contribution in [0.2, 0.25) is 5.02 Å². The molecular formula is C16H16ClNO2. The molecule has 3 nitrogen and oxygen atoms in total. The van der Waals surface area contributed by atoms with Crippen LogP contribution in [0.25, 0.3) is 0 Å². The molecule has 104 valence electrons. The Kier molecular flexibility index (Phi) is 5.02. The third-order valence-electron chi connectivity index (χ3n) is 2.82. The summed E-state index contributed by atoms with van der Waals surface area (Å²) in [5.41, 5.74) is 2.04. The Morgan fingerprint density at radius 3 is 2.55 bits per heavy atom. The lowest BCUT2D eigenvalue weighted by Crippen LogP contribution is -2.28. The van der Waals surface area contributed by atoms with Gasteiger partial charge in [-0.2, -0.15) is 0 Å². The average molecular weight is 290 g/mol. The molecule has 0 spiro atoms. The Morgan fingerprint density at radius 1 is 1.15 bits per heavy atom. The molecule has 1 amide bonds. The summed E-state index contributed by atoms with van der Waals surface area (Å²) in [5.74, 6) is 0.508. The summed E-state index contributed by atoms with van der Waals surface area (Å²) in [7, 11) is 0. The lowest BCUT2D eigenvalue weighted by atomic mass is 10.2. The van der Waals surface area contributed by atoms with Crippen molar-refractivity contribution in [2.45, 2.75) is 13.5 Å². The Labute approximate surface area is 123 Å². The van der Waals surface area contributed by atoms with Crippen molar-refractivity contribution >= 4 is 17.5 Å². The van der Waals surface area contributed by atoms with Crippen molar-refractivity contribution in [3.63, 3.8) is 0 Å². The standard InChI is InChI=1S/C16H16ClNO2/c1-12-6-8-14(9-7-12)20-11-16(19)18-10-13-4-2-3-5-15(13)17/h2-9H,10-11H2,1H3,(H,18,19). The fraction of sp³-hybridized carbons (Fsp3) is 0.188. The molecule has 0 radical (unpaired) electrons. The van der Waals surface area contributed by atoms with Crippen LogP contribution in [0.15, 0.2) is 48.5 Å². The van der Waals surface area contributed by atoms with Gasteiger partial charge in [-0.3, -0.25) is 4.79 Å². The van der Waals surface area contributed by atoms with Gasteiger partial charge in [-0.15, -0.1) is 0 Å². The molecular weight excluding hydrogens is 274 g/mol. The number of halogens is 1. The van der Waals surface area contributed by atoms with E-state index in [9.17, 15) is 4.79 Å². The third-order valence-corrected chi connectivity index (χ3v) is 3.19. The molecule has 0 fully saturated rings. The molecule has 0 saturated heterocycles. The first kappa shape index (κ1) is 14.4. The number of nitrogens with one attached hydrogen (secondary N) is 1. The normalized spacial score (nSPS) is 10.1. The van der Waals surface area contributed by atoms with E-state index in [1.165, 1.54) is 0 Å². The number of ether oxygens (including phenoxy) is 1. The SMILES string of the molecule is Cc1ccc(OCC(=O)NCc2ccccc2Cl)cc1. The predicted molar refractivity (Wildman–Crippen MR) is 80.0 cm³/mol. The van der Waals surface area contributed by atoms with Crippen molar-refractivity contribution in [1.29, 1.82) is 0 Å². The smallest absolute Gasteiger partial charge is 0.258 e. The van der Waals surface area contributed by atoms with Crippen LogP contribution in [0.5, 0.6) is 5.75 Å². The number of aryl methyl sites for hydroxylation is 1. The molecule has 0 aliphatic heterocycles. The van der Waals surface area contributed by atoms with Crippen LogP contribution < -0.4 is 10.1 Å². The summed E-state index contributed by atoms with van der Waals surface area (Å²) < 4.78 is 5.40. The molecule has 2 aromatic rings. The van der Waals surface area contributed by atoms with E-state index in [0.29, 0.717) is 17.3 Å². The van der Waals surface area contributed by atoms with Gasteiger partial charge in [0.1, 0.15) is 5.75 Å². The molecule has 0 aliphatic carbocycles. The van der Waals surface area contributed by atoms with E-state index < -0.39 is 0 Å². The topological polar surface area (TPSA) is 38.3 Å². The van der Waals surface area contributed by atoms with Crippen molar-refractivity contribution < 1.29 is 9.53 Å². The third kappa shape index (κ3) is 4.28. The number of hydrogen-bond donors (Lipinski definition) is 1. The summed E-state index contributed by atoms with van der Waals surface area (Å²) >= 11 is 6.01. The van der Waals surface area contributed by atoms with E-state index in [4.69, 9.17) is 16.3 Å². The monoisotopic (exact) mass is 289 g/mol. The van der Waals surface area contributed by atoms with Gasteiger partial charge in [0.25, 0.3) is 5.91 Å². The first-order chi connectivity index (χ1) is 9.65. The van der Waals surface area contributed by atoms with Gasteiger partial charge >= 0.3 is 0 Å². The maximum Gasteiger partial charge on any atom is 0.258 e. The summed E-state index contributed by atoms with van der Waals surface area (Å²) in [6.45, 7) is 2.39. The van der Waals surface area contributed by atoms with Crippen LogP contribution in [0.3, 0.4) is 0 Å². The highest BCUT2D eigenvalue weighted by molar-refractivity contribution is 6.31. The maximum atomic E-state index is 11.7. The van der Waals surface area contributed by atoms with Gasteiger partial charge in [0, 0.05) is 11.6 Å². The highest BCUT2D eigenvalue weighted by Crippen LogP contribution is 2.14. The van der Waals surface area contributed by atoms with Crippen LogP contribution in [-0.4, -0.2) is 12.5 Å². The number of carbonyl (C=O) groups excluding carboxylic acids is 1. The zero-order valence-electron chi connectivity index (χ0n) is 11.2. The molecule has 0 bridgehead atoms. The second kappa shape index (κ2) is 6.96. The van der Waals surface area contributed by atoms with E-state index in [0.717, 1.165) is 11.1 Å². The van der Waals surface area contributed by atoms with Gasteiger partial charge < -0.3 is 10.1 Å². The van der Waals surface area contributed by atoms with Crippen LogP contribution in [0.1, 0.15) is 11.1 Å². The summed E-state index contributed by atoms with van der Waals surface area (Å²) in [6.07, 6.45) is 0. The van der Waals surface area contributed by atoms with E-state index in [1.54, 1.807) is 6.07 Å². The molecule has 1 N–H and O–H groups in total. The Bertz CT molecular complexity index is 581. The number of rotatable bonds is 5. The van der Waals surface area contributed by atoms with Crippen LogP contribution >= 0.6 is 11.6 Å². The first-order valence-electron chi connectivity index (χ1n) is 6.35. The Hall–Kier alpha value is -2.00. The zero-order valence-corrected chi connectivity index (χ0v) is 12.0. The van der Waals surface area contributed by atoms with Crippen molar-refractivity contribution in [2.75, 3.05) is 6.61 Å². The van der Waals surface area contributed by atoms with Gasteiger partial charge in [0.05, 0.1) is 0 Å². The summed E-state index contributed by atoms with van der Waals surface area (Å²) in [6, 6.07) is 15.0. The van der Waals surface area contributed by atoms with Crippen molar-refractivity contribution in [2.24, 2.45) is 0 Å². The molecule has 2 rings (SSSR count). The van der Waals surface area contributed by atoms with Crippen molar-refractivity contribution in [3.8, 4) is 5.75 Å². The number of amides is 1. The molecule has 0 atom stereocenters. The maximum absolute atomic E-state index is 11.7. The molecule has 0 heterocycles. The quantitative estimate of drug-likeness (QED) is 0.917. The van der Waals surface area contributed by atoms with Crippen LogP contribution in [0, 0.1) is 6.92 Å². The number of hydrogen-bond acceptors (Lipinski definition) is 2. The number of benzene rings is 2. The first-order valence-corrected chi connectivity index (χ1v) is 6.72. The van der Waals surface area contributed by atoms with Gasteiger partial charge in [-0.05, 0) is 30.7 Å². The average Bonchev–Trinajstić information content (AvgIpc) is 2.46.